The lowest BCUT2D eigenvalue weighted by atomic mass is 10.1. The highest BCUT2D eigenvalue weighted by Crippen LogP contribution is 2.34. The van der Waals surface area contributed by atoms with Crippen LogP contribution in [0.3, 0.4) is 0 Å². The molecule has 0 spiro atoms. The van der Waals surface area contributed by atoms with Crippen LogP contribution in [0.5, 0.6) is 0 Å². The molecule has 17 heavy (non-hydrogen) atoms. The maximum absolute atomic E-state index is 11.6. The Balaban J connectivity index is 2.00. The molecule has 0 saturated heterocycles. The van der Waals surface area contributed by atoms with Crippen molar-refractivity contribution in [2.75, 3.05) is 7.11 Å². The number of oxazole rings is 1. The number of esters is 1. The first-order chi connectivity index (χ1) is 8.11. The van der Waals surface area contributed by atoms with E-state index >= 15 is 0 Å². The Kier molecular flexibility index (Phi) is 3.47. The Labute approximate surface area is 101 Å². The Morgan fingerprint density at radius 2 is 2.35 bits per heavy atom. The molecule has 1 fully saturated rings. The lowest BCUT2D eigenvalue weighted by Crippen LogP contribution is -2.40. The zero-order valence-corrected chi connectivity index (χ0v) is 10.4. The van der Waals surface area contributed by atoms with Gasteiger partial charge in [0.1, 0.15) is 11.8 Å². The summed E-state index contributed by atoms with van der Waals surface area (Å²) in [6.45, 7) is 3.78. The molecule has 1 aliphatic carbocycles. The van der Waals surface area contributed by atoms with Crippen LogP contribution < -0.4 is 5.32 Å². The molecule has 1 N–H and O–H groups in total. The maximum Gasteiger partial charge on any atom is 0.323 e. The smallest absolute Gasteiger partial charge is 0.323 e. The zero-order chi connectivity index (χ0) is 12.4. The van der Waals surface area contributed by atoms with Crippen molar-refractivity contribution in [3.8, 4) is 0 Å². The highest BCUT2D eigenvalue weighted by atomic mass is 16.5. The lowest BCUT2D eigenvalue weighted by Gasteiger charge is -2.19. The minimum atomic E-state index is -0.248. The van der Waals surface area contributed by atoms with E-state index in [-0.39, 0.29) is 18.1 Å². The first-order valence-corrected chi connectivity index (χ1v) is 5.88. The summed E-state index contributed by atoms with van der Waals surface area (Å²) in [6, 6.07) is -0.337. The van der Waals surface area contributed by atoms with Crippen molar-refractivity contribution in [1.29, 1.82) is 0 Å². The molecule has 2 atom stereocenters. The van der Waals surface area contributed by atoms with Crippen molar-refractivity contribution in [2.45, 2.75) is 38.8 Å². The van der Waals surface area contributed by atoms with Gasteiger partial charge >= 0.3 is 5.97 Å². The van der Waals surface area contributed by atoms with E-state index in [2.05, 4.69) is 10.3 Å². The van der Waals surface area contributed by atoms with Gasteiger partial charge in [-0.2, -0.15) is 0 Å². The number of carbonyl (C=O) groups excluding carboxylic acids is 1. The number of hydrogen-bond donors (Lipinski definition) is 1. The monoisotopic (exact) mass is 238 g/mol. The van der Waals surface area contributed by atoms with Gasteiger partial charge in [0.05, 0.1) is 19.3 Å². The zero-order valence-electron chi connectivity index (χ0n) is 10.4. The number of aryl methyl sites for hydroxylation is 1. The average Bonchev–Trinajstić information content (AvgIpc) is 3.06. The van der Waals surface area contributed by atoms with Crippen molar-refractivity contribution in [1.82, 2.24) is 10.3 Å². The Morgan fingerprint density at radius 3 is 2.82 bits per heavy atom. The van der Waals surface area contributed by atoms with Crippen LogP contribution in [0.25, 0.3) is 0 Å². The lowest BCUT2D eigenvalue weighted by molar-refractivity contribution is -0.144. The van der Waals surface area contributed by atoms with Crippen LogP contribution >= 0.6 is 0 Å². The van der Waals surface area contributed by atoms with Crippen molar-refractivity contribution < 1.29 is 13.9 Å². The number of carbonyl (C=O) groups is 1. The van der Waals surface area contributed by atoms with Crippen molar-refractivity contribution in [3.63, 3.8) is 0 Å². The maximum atomic E-state index is 11.6. The summed E-state index contributed by atoms with van der Waals surface area (Å²) in [4.78, 5) is 15.8. The van der Waals surface area contributed by atoms with Crippen LogP contribution in [0.4, 0.5) is 0 Å². The van der Waals surface area contributed by atoms with Crippen LogP contribution in [-0.2, 0) is 9.53 Å². The summed E-state index contributed by atoms with van der Waals surface area (Å²) in [6.07, 6.45) is 3.83. The highest BCUT2D eigenvalue weighted by molar-refractivity contribution is 5.76. The van der Waals surface area contributed by atoms with Crippen LogP contribution in [0, 0.1) is 12.8 Å². The third-order valence-corrected chi connectivity index (χ3v) is 2.99. The topological polar surface area (TPSA) is 64.4 Å². The minimum Gasteiger partial charge on any atom is -0.468 e. The van der Waals surface area contributed by atoms with Crippen molar-refractivity contribution in [2.24, 2.45) is 5.92 Å². The fourth-order valence-corrected chi connectivity index (χ4v) is 1.87. The van der Waals surface area contributed by atoms with E-state index in [0.29, 0.717) is 11.8 Å². The minimum absolute atomic E-state index is 0.0894. The fraction of sp³-hybridized carbons (Fsp3) is 0.667. The SMILES string of the molecule is COC(=O)C(NC(C)c1ncc(C)o1)C1CC1. The van der Waals surface area contributed by atoms with Gasteiger partial charge in [0, 0.05) is 0 Å². The molecular weight excluding hydrogens is 220 g/mol. The van der Waals surface area contributed by atoms with E-state index in [9.17, 15) is 4.79 Å². The van der Waals surface area contributed by atoms with E-state index < -0.39 is 0 Å². The number of methoxy groups -OCH3 is 1. The van der Waals surface area contributed by atoms with Crippen LogP contribution in [0.2, 0.25) is 0 Å². The van der Waals surface area contributed by atoms with Crippen molar-refractivity contribution >= 4 is 5.97 Å². The summed E-state index contributed by atoms with van der Waals surface area (Å²) < 4.78 is 10.2. The summed E-state index contributed by atoms with van der Waals surface area (Å²) >= 11 is 0. The molecule has 1 aromatic rings. The van der Waals surface area contributed by atoms with Gasteiger partial charge in [-0.25, -0.2) is 4.98 Å². The molecule has 0 bridgehead atoms. The van der Waals surface area contributed by atoms with E-state index in [0.717, 1.165) is 18.6 Å². The van der Waals surface area contributed by atoms with Crippen LogP contribution in [-0.4, -0.2) is 24.1 Å². The molecule has 1 heterocycles. The largest absolute Gasteiger partial charge is 0.468 e. The number of nitrogens with zero attached hydrogens (tertiary/aromatic N) is 1. The highest BCUT2D eigenvalue weighted by Gasteiger charge is 2.38. The molecule has 0 amide bonds. The van der Waals surface area contributed by atoms with Crippen molar-refractivity contribution in [3.05, 3.63) is 17.8 Å². The van der Waals surface area contributed by atoms with Gasteiger partial charge < -0.3 is 9.15 Å². The Hall–Kier alpha value is -1.36. The Morgan fingerprint density at radius 1 is 1.65 bits per heavy atom. The van der Waals surface area contributed by atoms with E-state index in [1.165, 1.54) is 7.11 Å². The number of ether oxygens (including phenoxy) is 1. The molecule has 0 aromatic carbocycles. The molecule has 1 aliphatic rings. The van der Waals surface area contributed by atoms with Crippen LogP contribution in [0.1, 0.15) is 37.5 Å². The molecule has 0 aliphatic heterocycles. The molecule has 2 rings (SSSR count). The van der Waals surface area contributed by atoms with Gasteiger partial charge in [-0.05, 0) is 32.6 Å². The normalized spacial score (nSPS) is 18.8. The quantitative estimate of drug-likeness (QED) is 0.789. The molecule has 1 saturated carbocycles. The molecule has 5 nitrogen and oxygen atoms in total. The van der Waals surface area contributed by atoms with Crippen LogP contribution in [0.15, 0.2) is 10.6 Å². The number of aromatic nitrogens is 1. The third-order valence-electron chi connectivity index (χ3n) is 2.99. The first-order valence-electron chi connectivity index (χ1n) is 5.88. The van der Waals surface area contributed by atoms with Gasteiger partial charge in [-0.3, -0.25) is 10.1 Å². The molecular formula is C12H18N2O3. The van der Waals surface area contributed by atoms with Gasteiger partial charge in [-0.1, -0.05) is 0 Å². The molecule has 94 valence electrons. The standard InChI is InChI=1S/C12H18N2O3/c1-7-6-13-11(17-7)8(2)14-10(9-4-5-9)12(15)16-3/h6,8-10,14H,4-5H2,1-3H3. The fourth-order valence-electron chi connectivity index (χ4n) is 1.87. The second-order valence-corrected chi connectivity index (χ2v) is 4.54. The van der Waals surface area contributed by atoms with E-state index in [1.807, 2.05) is 13.8 Å². The predicted octanol–water partition coefficient (Wildman–Crippen LogP) is 1.59. The molecule has 0 radical (unpaired) electrons. The van der Waals surface area contributed by atoms with E-state index in [4.69, 9.17) is 9.15 Å². The summed E-state index contributed by atoms with van der Waals surface area (Å²) in [7, 11) is 1.42. The van der Waals surface area contributed by atoms with Gasteiger partial charge in [0.25, 0.3) is 0 Å². The predicted molar refractivity (Wildman–Crippen MR) is 61.3 cm³/mol. The first kappa shape index (κ1) is 12.1. The number of nitrogens with one attached hydrogen (secondary N) is 1. The second kappa shape index (κ2) is 4.87. The number of hydrogen-bond acceptors (Lipinski definition) is 5. The third kappa shape index (κ3) is 2.85. The van der Waals surface area contributed by atoms with Gasteiger partial charge in [-0.15, -0.1) is 0 Å². The molecule has 5 heteroatoms. The second-order valence-electron chi connectivity index (χ2n) is 4.54. The molecule has 1 aromatic heterocycles. The average molecular weight is 238 g/mol. The summed E-state index contributed by atoms with van der Waals surface area (Å²) in [5, 5.41) is 3.23. The molecule has 2 unspecified atom stereocenters. The summed E-state index contributed by atoms with van der Waals surface area (Å²) in [5.74, 6) is 1.57. The van der Waals surface area contributed by atoms with Gasteiger partial charge in [0.15, 0.2) is 0 Å². The van der Waals surface area contributed by atoms with Gasteiger partial charge in [0.2, 0.25) is 5.89 Å². The summed E-state index contributed by atoms with van der Waals surface area (Å²) in [5.41, 5.74) is 0. The van der Waals surface area contributed by atoms with E-state index in [1.54, 1.807) is 6.20 Å². The number of rotatable bonds is 5. The Bertz CT molecular complexity index is 398.